The molecule has 0 spiro atoms. The maximum atomic E-state index is 10.8. The fourth-order valence-corrected chi connectivity index (χ4v) is 1.17. The van der Waals surface area contributed by atoms with Crippen LogP contribution >= 0.6 is 0 Å². The second-order valence-corrected chi connectivity index (χ2v) is 3.27. The summed E-state index contributed by atoms with van der Waals surface area (Å²) in [7, 11) is 0. The van der Waals surface area contributed by atoms with Crippen LogP contribution in [0.3, 0.4) is 0 Å². The van der Waals surface area contributed by atoms with Gasteiger partial charge in [0.25, 0.3) is 0 Å². The number of nitrogens with two attached hydrogens (primary N) is 1. The van der Waals surface area contributed by atoms with Gasteiger partial charge in [0, 0.05) is 0 Å². The lowest BCUT2D eigenvalue weighted by Gasteiger charge is -2.12. The van der Waals surface area contributed by atoms with Gasteiger partial charge in [0.2, 0.25) is 0 Å². The second-order valence-electron chi connectivity index (χ2n) is 3.27. The maximum Gasteiger partial charge on any atom is 0.306 e. The Hall–Kier alpha value is -0.830. The normalized spacial score (nSPS) is 12.5. The number of rotatable bonds is 7. The van der Waals surface area contributed by atoms with E-state index in [1.54, 1.807) is 0 Å². The topological polar surface area (TPSA) is 63.3 Å². The molecule has 0 aliphatic carbocycles. The van der Waals surface area contributed by atoms with E-state index in [1.807, 2.05) is 6.92 Å². The minimum absolute atomic E-state index is 0.295. The van der Waals surface area contributed by atoms with Gasteiger partial charge in [0.1, 0.15) is 0 Å². The molecule has 0 rings (SSSR count). The van der Waals surface area contributed by atoms with Crippen molar-refractivity contribution in [3.8, 4) is 0 Å². The van der Waals surface area contributed by atoms with Gasteiger partial charge in [-0.1, -0.05) is 19.1 Å². The second kappa shape index (κ2) is 6.66. The Morgan fingerprint density at radius 1 is 1.62 bits per heavy atom. The molecule has 0 radical (unpaired) electrons. The van der Waals surface area contributed by atoms with Crippen LogP contribution in [0.25, 0.3) is 0 Å². The molecule has 0 heterocycles. The third-order valence-corrected chi connectivity index (χ3v) is 2.14. The van der Waals surface area contributed by atoms with Crippen LogP contribution in [0.2, 0.25) is 0 Å². The molecule has 1 atom stereocenters. The average Bonchev–Trinajstić information content (AvgIpc) is 2.11. The standard InChI is InChI=1S/C10H19NO2/c1-3-8(2)7-9(10(12)13)5-4-6-11/h9H,2-7,11H2,1H3,(H,12,13). The summed E-state index contributed by atoms with van der Waals surface area (Å²) >= 11 is 0. The molecule has 3 N–H and O–H groups in total. The first kappa shape index (κ1) is 12.2. The minimum Gasteiger partial charge on any atom is -0.481 e. The van der Waals surface area contributed by atoms with Gasteiger partial charge in [0.05, 0.1) is 5.92 Å². The number of carbonyl (C=O) groups is 1. The first-order valence-electron chi connectivity index (χ1n) is 4.71. The Morgan fingerprint density at radius 3 is 2.62 bits per heavy atom. The van der Waals surface area contributed by atoms with E-state index in [-0.39, 0.29) is 5.92 Å². The van der Waals surface area contributed by atoms with Gasteiger partial charge in [-0.2, -0.15) is 0 Å². The zero-order valence-corrected chi connectivity index (χ0v) is 8.25. The van der Waals surface area contributed by atoms with E-state index in [0.29, 0.717) is 19.4 Å². The number of hydrogen-bond acceptors (Lipinski definition) is 2. The third kappa shape index (κ3) is 5.42. The molecule has 0 bridgehead atoms. The van der Waals surface area contributed by atoms with Crippen molar-refractivity contribution in [2.24, 2.45) is 11.7 Å². The molecular weight excluding hydrogens is 166 g/mol. The predicted molar refractivity (Wildman–Crippen MR) is 53.5 cm³/mol. The zero-order chi connectivity index (χ0) is 10.3. The van der Waals surface area contributed by atoms with E-state index in [0.717, 1.165) is 18.4 Å². The van der Waals surface area contributed by atoms with Crippen molar-refractivity contribution in [1.29, 1.82) is 0 Å². The summed E-state index contributed by atoms with van der Waals surface area (Å²) in [5, 5.41) is 8.86. The Bertz CT molecular complexity index is 178. The Labute approximate surface area is 79.6 Å². The van der Waals surface area contributed by atoms with E-state index in [9.17, 15) is 4.79 Å². The van der Waals surface area contributed by atoms with E-state index < -0.39 is 5.97 Å². The van der Waals surface area contributed by atoms with Crippen LogP contribution in [0, 0.1) is 5.92 Å². The zero-order valence-electron chi connectivity index (χ0n) is 8.25. The number of carboxylic acid groups (broad SMARTS) is 1. The monoisotopic (exact) mass is 185 g/mol. The summed E-state index contributed by atoms with van der Waals surface area (Å²) in [6.07, 6.45) is 2.87. The van der Waals surface area contributed by atoms with Crippen LogP contribution in [-0.2, 0) is 4.79 Å². The van der Waals surface area contributed by atoms with Crippen molar-refractivity contribution < 1.29 is 9.90 Å². The molecule has 0 amide bonds. The van der Waals surface area contributed by atoms with E-state index in [4.69, 9.17) is 10.8 Å². The maximum absolute atomic E-state index is 10.8. The summed E-state index contributed by atoms with van der Waals surface area (Å²) in [6, 6.07) is 0. The quantitative estimate of drug-likeness (QED) is 0.594. The van der Waals surface area contributed by atoms with Crippen molar-refractivity contribution in [2.45, 2.75) is 32.6 Å². The molecule has 1 unspecified atom stereocenters. The van der Waals surface area contributed by atoms with Gasteiger partial charge in [-0.25, -0.2) is 0 Å². The van der Waals surface area contributed by atoms with Gasteiger partial charge in [-0.15, -0.1) is 0 Å². The summed E-state index contributed by atoms with van der Waals surface area (Å²) in [5.41, 5.74) is 6.33. The van der Waals surface area contributed by atoms with Crippen LogP contribution in [0.15, 0.2) is 12.2 Å². The first-order valence-corrected chi connectivity index (χ1v) is 4.71. The molecule has 3 nitrogen and oxygen atoms in total. The number of aliphatic carboxylic acids is 1. The van der Waals surface area contributed by atoms with Crippen molar-refractivity contribution >= 4 is 5.97 Å². The molecule has 0 saturated heterocycles. The average molecular weight is 185 g/mol. The Kier molecular flexibility index (Phi) is 6.24. The van der Waals surface area contributed by atoms with Gasteiger partial charge >= 0.3 is 5.97 Å². The summed E-state index contributed by atoms with van der Waals surface area (Å²) in [5.74, 6) is -1.03. The van der Waals surface area contributed by atoms with Crippen LogP contribution in [0.4, 0.5) is 0 Å². The predicted octanol–water partition coefficient (Wildman–Crippen LogP) is 1.78. The smallest absolute Gasteiger partial charge is 0.306 e. The van der Waals surface area contributed by atoms with Crippen LogP contribution < -0.4 is 5.73 Å². The van der Waals surface area contributed by atoms with Gasteiger partial charge in [-0.3, -0.25) is 4.79 Å². The summed E-state index contributed by atoms with van der Waals surface area (Å²) in [4.78, 5) is 10.8. The van der Waals surface area contributed by atoms with Crippen LogP contribution in [0.5, 0.6) is 0 Å². The van der Waals surface area contributed by atoms with Gasteiger partial charge < -0.3 is 10.8 Å². The van der Waals surface area contributed by atoms with Crippen molar-refractivity contribution in [1.82, 2.24) is 0 Å². The molecule has 0 aromatic rings. The fourth-order valence-electron chi connectivity index (χ4n) is 1.17. The molecule has 3 heteroatoms. The number of allylic oxidation sites excluding steroid dienone is 1. The molecule has 76 valence electrons. The van der Waals surface area contributed by atoms with Crippen molar-refractivity contribution in [3.05, 3.63) is 12.2 Å². The molecule has 0 saturated carbocycles. The van der Waals surface area contributed by atoms with Crippen molar-refractivity contribution in [3.63, 3.8) is 0 Å². The van der Waals surface area contributed by atoms with Gasteiger partial charge in [0.15, 0.2) is 0 Å². The molecule has 0 aromatic heterocycles. The third-order valence-electron chi connectivity index (χ3n) is 2.14. The summed E-state index contributed by atoms with van der Waals surface area (Å²) in [6.45, 7) is 6.36. The van der Waals surface area contributed by atoms with Crippen LogP contribution in [0.1, 0.15) is 32.6 Å². The SMILES string of the molecule is C=C(CC)CC(CCCN)C(=O)O. The lowest BCUT2D eigenvalue weighted by atomic mass is 9.94. The van der Waals surface area contributed by atoms with E-state index in [1.165, 1.54) is 0 Å². The Balaban J connectivity index is 3.94. The highest BCUT2D eigenvalue weighted by molar-refractivity contribution is 5.70. The highest BCUT2D eigenvalue weighted by atomic mass is 16.4. The lowest BCUT2D eigenvalue weighted by Crippen LogP contribution is -2.15. The highest BCUT2D eigenvalue weighted by Crippen LogP contribution is 2.17. The first-order chi connectivity index (χ1) is 6.11. The van der Waals surface area contributed by atoms with Crippen LogP contribution in [-0.4, -0.2) is 17.6 Å². The molecule has 0 fully saturated rings. The highest BCUT2D eigenvalue weighted by Gasteiger charge is 2.16. The largest absolute Gasteiger partial charge is 0.481 e. The molecule has 0 aliphatic rings. The molecule has 13 heavy (non-hydrogen) atoms. The van der Waals surface area contributed by atoms with E-state index >= 15 is 0 Å². The molecule has 0 aliphatic heterocycles. The minimum atomic E-state index is -0.733. The van der Waals surface area contributed by atoms with Gasteiger partial charge in [-0.05, 0) is 32.2 Å². The fraction of sp³-hybridized carbons (Fsp3) is 0.700. The van der Waals surface area contributed by atoms with Crippen molar-refractivity contribution in [2.75, 3.05) is 6.54 Å². The molecular formula is C10H19NO2. The number of carboxylic acids is 1. The Morgan fingerprint density at radius 2 is 2.23 bits per heavy atom. The number of hydrogen-bond donors (Lipinski definition) is 2. The lowest BCUT2D eigenvalue weighted by molar-refractivity contribution is -0.141. The molecule has 0 aromatic carbocycles. The summed E-state index contributed by atoms with van der Waals surface area (Å²) < 4.78 is 0. The van der Waals surface area contributed by atoms with E-state index in [2.05, 4.69) is 6.58 Å².